The van der Waals surface area contributed by atoms with E-state index in [4.69, 9.17) is 0 Å². The zero-order valence-electron chi connectivity index (χ0n) is 9.14. The molecule has 1 atom stereocenters. The van der Waals surface area contributed by atoms with Gasteiger partial charge in [-0.15, -0.1) is 0 Å². The van der Waals surface area contributed by atoms with Gasteiger partial charge in [-0.05, 0) is 43.9 Å². The summed E-state index contributed by atoms with van der Waals surface area (Å²) in [4.78, 5) is 0. The number of rotatable bonds is 2. The fourth-order valence-electron chi connectivity index (χ4n) is 2.28. The predicted molar refractivity (Wildman–Crippen MR) is 60.4 cm³/mol. The van der Waals surface area contributed by atoms with Crippen LogP contribution < -0.4 is 5.32 Å². The standard InChI is InChI=1S/C13H19N/c1-3-11-6-4-7-12(10-11)13(2)8-5-9-14-13/h4,6-7,10,14H,3,5,8-9H2,1-2H3. The van der Waals surface area contributed by atoms with Gasteiger partial charge in [0.05, 0.1) is 0 Å². The molecule has 0 radical (unpaired) electrons. The topological polar surface area (TPSA) is 12.0 Å². The molecule has 0 spiro atoms. The molecule has 1 aliphatic rings. The molecule has 1 aromatic rings. The van der Waals surface area contributed by atoms with E-state index in [9.17, 15) is 0 Å². The highest BCUT2D eigenvalue weighted by Crippen LogP contribution is 2.30. The molecule has 14 heavy (non-hydrogen) atoms. The second kappa shape index (κ2) is 3.74. The number of hydrogen-bond acceptors (Lipinski definition) is 1. The van der Waals surface area contributed by atoms with Crippen LogP contribution in [0.5, 0.6) is 0 Å². The Labute approximate surface area is 86.5 Å². The molecular weight excluding hydrogens is 170 g/mol. The average molecular weight is 189 g/mol. The largest absolute Gasteiger partial charge is 0.308 e. The van der Waals surface area contributed by atoms with Crippen molar-refractivity contribution in [1.82, 2.24) is 5.32 Å². The van der Waals surface area contributed by atoms with Crippen molar-refractivity contribution < 1.29 is 0 Å². The smallest absolute Gasteiger partial charge is 0.0406 e. The van der Waals surface area contributed by atoms with Gasteiger partial charge in [-0.25, -0.2) is 0 Å². The Morgan fingerprint density at radius 2 is 2.29 bits per heavy atom. The van der Waals surface area contributed by atoms with Gasteiger partial charge in [-0.2, -0.15) is 0 Å². The third kappa shape index (κ3) is 1.69. The third-order valence-corrected chi connectivity index (χ3v) is 3.34. The molecule has 1 heteroatoms. The second-order valence-corrected chi connectivity index (χ2v) is 4.42. The molecule has 1 heterocycles. The average Bonchev–Trinajstić information content (AvgIpc) is 2.67. The van der Waals surface area contributed by atoms with E-state index in [0.717, 1.165) is 13.0 Å². The first-order valence-corrected chi connectivity index (χ1v) is 5.59. The molecule has 1 saturated heterocycles. The first-order valence-electron chi connectivity index (χ1n) is 5.59. The number of hydrogen-bond donors (Lipinski definition) is 1. The van der Waals surface area contributed by atoms with Crippen LogP contribution >= 0.6 is 0 Å². The van der Waals surface area contributed by atoms with E-state index in [-0.39, 0.29) is 5.54 Å². The summed E-state index contributed by atoms with van der Waals surface area (Å²) in [6.07, 6.45) is 3.69. The maximum absolute atomic E-state index is 3.60. The molecule has 0 aliphatic carbocycles. The minimum Gasteiger partial charge on any atom is -0.308 e. The lowest BCUT2D eigenvalue weighted by atomic mass is 9.89. The van der Waals surface area contributed by atoms with Crippen LogP contribution in [-0.2, 0) is 12.0 Å². The van der Waals surface area contributed by atoms with Crippen molar-refractivity contribution in [3.05, 3.63) is 35.4 Å². The van der Waals surface area contributed by atoms with E-state index < -0.39 is 0 Å². The molecule has 1 fully saturated rings. The Morgan fingerprint density at radius 3 is 2.93 bits per heavy atom. The molecule has 1 N–H and O–H groups in total. The molecule has 2 rings (SSSR count). The quantitative estimate of drug-likeness (QED) is 0.754. The van der Waals surface area contributed by atoms with E-state index in [0.29, 0.717) is 0 Å². The summed E-state index contributed by atoms with van der Waals surface area (Å²) in [7, 11) is 0. The van der Waals surface area contributed by atoms with E-state index in [1.807, 2.05) is 0 Å². The molecule has 0 aromatic heterocycles. The van der Waals surface area contributed by atoms with Gasteiger partial charge in [0.2, 0.25) is 0 Å². The van der Waals surface area contributed by atoms with Gasteiger partial charge >= 0.3 is 0 Å². The van der Waals surface area contributed by atoms with Gasteiger partial charge in [0.15, 0.2) is 0 Å². The van der Waals surface area contributed by atoms with Crippen LogP contribution in [0.4, 0.5) is 0 Å². The maximum Gasteiger partial charge on any atom is 0.0406 e. The Hall–Kier alpha value is -0.820. The fourth-order valence-corrected chi connectivity index (χ4v) is 2.28. The second-order valence-electron chi connectivity index (χ2n) is 4.42. The van der Waals surface area contributed by atoms with Crippen molar-refractivity contribution in [2.45, 2.75) is 38.6 Å². The summed E-state index contributed by atoms with van der Waals surface area (Å²) >= 11 is 0. The minimum atomic E-state index is 0.227. The summed E-state index contributed by atoms with van der Waals surface area (Å²) in [6, 6.07) is 8.98. The van der Waals surface area contributed by atoms with Crippen molar-refractivity contribution in [2.75, 3.05) is 6.54 Å². The van der Waals surface area contributed by atoms with Crippen LogP contribution in [0.15, 0.2) is 24.3 Å². The lowest BCUT2D eigenvalue weighted by Crippen LogP contribution is -2.33. The summed E-state index contributed by atoms with van der Waals surface area (Å²) in [5, 5.41) is 3.60. The summed E-state index contributed by atoms with van der Waals surface area (Å²) < 4.78 is 0. The van der Waals surface area contributed by atoms with Crippen LogP contribution in [0.3, 0.4) is 0 Å². The summed E-state index contributed by atoms with van der Waals surface area (Å²) in [6.45, 7) is 5.69. The van der Waals surface area contributed by atoms with Crippen LogP contribution in [0.1, 0.15) is 37.8 Å². The fraction of sp³-hybridized carbons (Fsp3) is 0.538. The van der Waals surface area contributed by atoms with Crippen molar-refractivity contribution in [3.63, 3.8) is 0 Å². The van der Waals surface area contributed by atoms with Crippen LogP contribution in [0.2, 0.25) is 0 Å². The van der Waals surface area contributed by atoms with Gasteiger partial charge in [-0.1, -0.05) is 31.2 Å². The van der Waals surface area contributed by atoms with E-state index in [1.54, 1.807) is 0 Å². The van der Waals surface area contributed by atoms with Gasteiger partial charge in [0.25, 0.3) is 0 Å². The van der Waals surface area contributed by atoms with Crippen molar-refractivity contribution in [2.24, 2.45) is 0 Å². The van der Waals surface area contributed by atoms with Gasteiger partial charge < -0.3 is 5.32 Å². The molecule has 76 valence electrons. The molecule has 1 unspecified atom stereocenters. The Kier molecular flexibility index (Phi) is 2.60. The van der Waals surface area contributed by atoms with Crippen molar-refractivity contribution in [1.29, 1.82) is 0 Å². The highest BCUT2D eigenvalue weighted by atomic mass is 15.0. The van der Waals surface area contributed by atoms with Gasteiger partial charge in [0, 0.05) is 5.54 Å². The van der Waals surface area contributed by atoms with Crippen LogP contribution in [-0.4, -0.2) is 6.54 Å². The molecule has 0 amide bonds. The number of aryl methyl sites for hydroxylation is 1. The maximum atomic E-state index is 3.60. The highest BCUT2D eigenvalue weighted by Gasteiger charge is 2.29. The van der Waals surface area contributed by atoms with Crippen molar-refractivity contribution in [3.8, 4) is 0 Å². The molecular formula is C13H19N. The zero-order valence-corrected chi connectivity index (χ0v) is 9.14. The van der Waals surface area contributed by atoms with Gasteiger partial charge in [0.1, 0.15) is 0 Å². The Bertz CT molecular complexity index is 311. The van der Waals surface area contributed by atoms with E-state index in [1.165, 1.54) is 24.0 Å². The lowest BCUT2D eigenvalue weighted by molar-refractivity contribution is 0.434. The number of nitrogens with one attached hydrogen (secondary N) is 1. The Morgan fingerprint density at radius 1 is 1.43 bits per heavy atom. The predicted octanol–water partition coefficient (Wildman–Crippen LogP) is 2.85. The summed E-state index contributed by atoms with van der Waals surface area (Å²) in [5.74, 6) is 0. The van der Waals surface area contributed by atoms with E-state index >= 15 is 0 Å². The number of benzene rings is 1. The SMILES string of the molecule is CCc1cccc(C2(C)CCCN2)c1. The van der Waals surface area contributed by atoms with Crippen LogP contribution in [0.25, 0.3) is 0 Å². The van der Waals surface area contributed by atoms with Crippen LogP contribution in [0, 0.1) is 0 Å². The van der Waals surface area contributed by atoms with Crippen molar-refractivity contribution >= 4 is 0 Å². The first kappa shape index (κ1) is 9.72. The lowest BCUT2D eigenvalue weighted by Gasteiger charge is -2.25. The highest BCUT2D eigenvalue weighted by molar-refractivity contribution is 5.30. The Balaban J connectivity index is 2.30. The molecule has 0 saturated carbocycles. The molecule has 1 nitrogen and oxygen atoms in total. The minimum absolute atomic E-state index is 0.227. The third-order valence-electron chi connectivity index (χ3n) is 3.34. The normalized spacial score (nSPS) is 26.7. The molecule has 1 aliphatic heterocycles. The summed E-state index contributed by atoms with van der Waals surface area (Å²) in [5.41, 5.74) is 3.12. The molecule has 0 bridgehead atoms. The van der Waals surface area contributed by atoms with Gasteiger partial charge in [-0.3, -0.25) is 0 Å². The molecule has 1 aromatic carbocycles. The zero-order chi connectivity index (χ0) is 10.0. The van der Waals surface area contributed by atoms with E-state index in [2.05, 4.69) is 43.4 Å². The first-order chi connectivity index (χ1) is 6.74. The monoisotopic (exact) mass is 189 g/mol.